The third-order valence-corrected chi connectivity index (χ3v) is 3.00. The van der Waals surface area contributed by atoms with Crippen molar-refractivity contribution in [2.24, 2.45) is 0 Å². The summed E-state index contributed by atoms with van der Waals surface area (Å²) in [7, 11) is 1.60. The van der Waals surface area contributed by atoms with Gasteiger partial charge in [0.25, 0.3) is 0 Å². The predicted molar refractivity (Wildman–Crippen MR) is 81.4 cm³/mol. The molecule has 3 nitrogen and oxygen atoms in total. The monoisotopic (exact) mass is 289 g/mol. The third-order valence-electron chi connectivity index (χ3n) is 3.00. The molecule has 0 heterocycles. The van der Waals surface area contributed by atoms with Crippen LogP contribution in [0.15, 0.2) is 42.5 Å². The number of nitrogens with one attached hydrogen (secondary N) is 1. The zero-order valence-corrected chi connectivity index (χ0v) is 12.5. The van der Waals surface area contributed by atoms with E-state index in [4.69, 9.17) is 9.47 Å². The van der Waals surface area contributed by atoms with Gasteiger partial charge in [0.05, 0.1) is 7.11 Å². The van der Waals surface area contributed by atoms with Gasteiger partial charge in [-0.2, -0.15) is 0 Å². The Labute approximate surface area is 124 Å². The van der Waals surface area contributed by atoms with Crippen LogP contribution < -0.4 is 14.8 Å². The number of benzene rings is 2. The van der Waals surface area contributed by atoms with Gasteiger partial charge in [-0.25, -0.2) is 4.39 Å². The maximum atomic E-state index is 14.0. The molecule has 0 bridgehead atoms. The molecule has 0 saturated carbocycles. The summed E-state index contributed by atoms with van der Waals surface area (Å²) in [6.45, 7) is 4.74. The summed E-state index contributed by atoms with van der Waals surface area (Å²) in [5, 5.41) is 3.25. The molecule has 2 rings (SSSR count). The van der Waals surface area contributed by atoms with Gasteiger partial charge in [0.1, 0.15) is 11.5 Å². The van der Waals surface area contributed by atoms with Gasteiger partial charge in [-0.3, -0.25) is 0 Å². The highest BCUT2D eigenvalue weighted by Gasteiger charge is 2.07. The number of methoxy groups -OCH3 is 1. The Morgan fingerprint density at radius 2 is 1.71 bits per heavy atom. The minimum absolute atomic E-state index is 0.216. The standard InChI is InChI=1S/C17H20FNO2/c1-12(2)19-11-13-4-9-17(16(18)10-13)21-15-7-5-14(20-3)6-8-15/h4-10,12,19H,11H2,1-3H3. The van der Waals surface area contributed by atoms with Crippen LogP contribution in [-0.4, -0.2) is 13.2 Å². The maximum Gasteiger partial charge on any atom is 0.166 e. The molecule has 2 aromatic carbocycles. The summed E-state index contributed by atoms with van der Waals surface area (Å²) in [5.74, 6) is 1.16. The van der Waals surface area contributed by atoms with Gasteiger partial charge in [0, 0.05) is 12.6 Å². The largest absolute Gasteiger partial charge is 0.497 e. The molecule has 0 fully saturated rings. The molecule has 0 amide bonds. The Hall–Kier alpha value is -2.07. The second-order valence-electron chi connectivity index (χ2n) is 5.08. The molecule has 0 radical (unpaired) electrons. The lowest BCUT2D eigenvalue weighted by Crippen LogP contribution is -2.21. The van der Waals surface area contributed by atoms with Gasteiger partial charge in [-0.15, -0.1) is 0 Å². The number of hydrogen-bond donors (Lipinski definition) is 1. The number of ether oxygens (including phenoxy) is 2. The summed E-state index contributed by atoms with van der Waals surface area (Å²) >= 11 is 0. The van der Waals surface area contributed by atoms with Crippen molar-refractivity contribution in [3.63, 3.8) is 0 Å². The first-order valence-electron chi connectivity index (χ1n) is 6.92. The van der Waals surface area contributed by atoms with Crippen LogP contribution in [-0.2, 0) is 6.54 Å². The molecule has 112 valence electrons. The van der Waals surface area contributed by atoms with Crippen molar-refractivity contribution in [1.82, 2.24) is 5.32 Å². The molecule has 1 N–H and O–H groups in total. The Bertz CT molecular complexity index is 582. The quantitative estimate of drug-likeness (QED) is 0.867. The maximum absolute atomic E-state index is 14.0. The first-order chi connectivity index (χ1) is 10.1. The molecule has 0 unspecified atom stereocenters. The van der Waals surface area contributed by atoms with Crippen LogP contribution in [0.2, 0.25) is 0 Å². The molecule has 2 aromatic rings. The van der Waals surface area contributed by atoms with Gasteiger partial charge in [0.2, 0.25) is 0 Å². The van der Waals surface area contributed by atoms with Crippen molar-refractivity contribution in [3.05, 3.63) is 53.8 Å². The van der Waals surface area contributed by atoms with Crippen LogP contribution >= 0.6 is 0 Å². The van der Waals surface area contributed by atoms with Crippen LogP contribution in [0.25, 0.3) is 0 Å². The second kappa shape index (κ2) is 7.09. The highest BCUT2D eigenvalue weighted by Crippen LogP contribution is 2.26. The van der Waals surface area contributed by atoms with E-state index in [0.717, 1.165) is 11.3 Å². The van der Waals surface area contributed by atoms with Crippen LogP contribution in [0.3, 0.4) is 0 Å². The Kier molecular flexibility index (Phi) is 5.17. The van der Waals surface area contributed by atoms with Crippen LogP contribution in [0.5, 0.6) is 17.2 Å². The highest BCUT2D eigenvalue weighted by atomic mass is 19.1. The van der Waals surface area contributed by atoms with Crippen LogP contribution in [0.4, 0.5) is 4.39 Å². The first kappa shape index (κ1) is 15.3. The van der Waals surface area contributed by atoms with Gasteiger partial charge in [0.15, 0.2) is 11.6 Å². The zero-order valence-electron chi connectivity index (χ0n) is 12.5. The van der Waals surface area contributed by atoms with Gasteiger partial charge >= 0.3 is 0 Å². The lowest BCUT2D eigenvalue weighted by atomic mass is 10.2. The topological polar surface area (TPSA) is 30.5 Å². The molecule has 0 aliphatic carbocycles. The third kappa shape index (κ3) is 4.46. The summed E-state index contributed by atoms with van der Waals surface area (Å²) in [6, 6.07) is 12.4. The van der Waals surface area contributed by atoms with Crippen molar-refractivity contribution in [2.45, 2.75) is 26.4 Å². The second-order valence-corrected chi connectivity index (χ2v) is 5.08. The fourth-order valence-electron chi connectivity index (χ4n) is 1.83. The minimum Gasteiger partial charge on any atom is -0.497 e. The van der Waals surface area contributed by atoms with Gasteiger partial charge in [-0.1, -0.05) is 19.9 Å². The van der Waals surface area contributed by atoms with Gasteiger partial charge in [-0.05, 0) is 42.0 Å². The molecule has 4 heteroatoms. The first-order valence-corrected chi connectivity index (χ1v) is 6.92. The van der Waals surface area contributed by atoms with Crippen molar-refractivity contribution < 1.29 is 13.9 Å². The molecular weight excluding hydrogens is 269 g/mol. The Morgan fingerprint density at radius 3 is 2.29 bits per heavy atom. The highest BCUT2D eigenvalue weighted by molar-refractivity contribution is 5.37. The Balaban J connectivity index is 2.06. The fraction of sp³-hybridized carbons (Fsp3) is 0.294. The SMILES string of the molecule is COc1ccc(Oc2ccc(CNC(C)C)cc2F)cc1. The van der Waals surface area contributed by atoms with E-state index < -0.39 is 0 Å². The van der Waals surface area contributed by atoms with E-state index in [1.807, 2.05) is 6.07 Å². The summed E-state index contributed by atoms with van der Waals surface area (Å²) < 4.78 is 24.6. The average molecular weight is 289 g/mol. The van der Waals surface area contributed by atoms with E-state index in [2.05, 4.69) is 19.2 Å². The van der Waals surface area contributed by atoms with Crippen LogP contribution in [0.1, 0.15) is 19.4 Å². The normalized spacial score (nSPS) is 10.7. The van der Waals surface area contributed by atoms with Crippen molar-refractivity contribution in [3.8, 4) is 17.2 Å². The summed E-state index contributed by atoms with van der Waals surface area (Å²) in [5.41, 5.74) is 0.892. The molecule has 0 spiro atoms. The van der Waals surface area contributed by atoms with E-state index in [0.29, 0.717) is 18.3 Å². The molecular formula is C17H20FNO2. The molecule has 21 heavy (non-hydrogen) atoms. The number of rotatable bonds is 6. The Morgan fingerprint density at radius 1 is 1.05 bits per heavy atom. The predicted octanol–water partition coefficient (Wildman–Crippen LogP) is 4.12. The van der Waals surface area contributed by atoms with E-state index >= 15 is 0 Å². The van der Waals surface area contributed by atoms with Crippen LogP contribution in [0, 0.1) is 5.82 Å². The van der Waals surface area contributed by atoms with Gasteiger partial charge < -0.3 is 14.8 Å². The average Bonchev–Trinajstić information content (AvgIpc) is 2.48. The number of halogens is 1. The smallest absolute Gasteiger partial charge is 0.166 e. The minimum atomic E-state index is -0.367. The van der Waals surface area contributed by atoms with Crippen molar-refractivity contribution >= 4 is 0 Å². The molecule has 0 aliphatic rings. The molecule has 0 atom stereocenters. The molecule has 0 aliphatic heterocycles. The van der Waals surface area contributed by atoms with E-state index in [9.17, 15) is 4.39 Å². The van der Waals surface area contributed by atoms with E-state index in [1.54, 1.807) is 37.4 Å². The lowest BCUT2D eigenvalue weighted by Gasteiger charge is -2.11. The van der Waals surface area contributed by atoms with Crippen molar-refractivity contribution in [1.29, 1.82) is 0 Å². The fourth-order valence-corrected chi connectivity index (χ4v) is 1.83. The van der Waals surface area contributed by atoms with Crippen molar-refractivity contribution in [2.75, 3.05) is 7.11 Å². The van der Waals surface area contributed by atoms with E-state index in [1.165, 1.54) is 6.07 Å². The lowest BCUT2D eigenvalue weighted by molar-refractivity contribution is 0.411. The molecule has 0 saturated heterocycles. The zero-order chi connectivity index (χ0) is 15.2. The number of hydrogen-bond acceptors (Lipinski definition) is 3. The van der Waals surface area contributed by atoms with E-state index in [-0.39, 0.29) is 11.6 Å². The summed E-state index contributed by atoms with van der Waals surface area (Å²) in [6.07, 6.45) is 0. The summed E-state index contributed by atoms with van der Waals surface area (Å²) in [4.78, 5) is 0. The molecule has 0 aromatic heterocycles.